The van der Waals surface area contributed by atoms with Gasteiger partial charge in [-0.2, -0.15) is 0 Å². The number of nitrogens with one attached hydrogen (secondary N) is 2. The number of rotatable bonds is 9. The van der Waals surface area contributed by atoms with Crippen LogP contribution in [0.4, 0.5) is 0 Å². The predicted octanol–water partition coefficient (Wildman–Crippen LogP) is 2.88. The molecule has 20 heavy (non-hydrogen) atoms. The first-order valence-corrected chi connectivity index (χ1v) is 9.59. The van der Waals surface area contributed by atoms with E-state index in [2.05, 4.69) is 23.9 Å². The van der Waals surface area contributed by atoms with Crippen LogP contribution in [0.25, 0.3) is 0 Å². The lowest BCUT2D eigenvalue weighted by molar-refractivity contribution is 0.478. The quantitative estimate of drug-likeness (QED) is 0.736. The minimum Gasteiger partial charge on any atom is -0.312 e. The number of hydrogen-bond donors (Lipinski definition) is 2. The highest BCUT2D eigenvalue weighted by Crippen LogP contribution is 2.26. The molecule has 1 aromatic rings. The van der Waals surface area contributed by atoms with E-state index < -0.39 is 10.0 Å². The van der Waals surface area contributed by atoms with Gasteiger partial charge in [0.1, 0.15) is 4.90 Å². The lowest BCUT2D eigenvalue weighted by atomic mass is 10.0. The Morgan fingerprint density at radius 3 is 2.45 bits per heavy atom. The van der Waals surface area contributed by atoms with Crippen molar-refractivity contribution >= 4 is 21.4 Å². The van der Waals surface area contributed by atoms with E-state index >= 15 is 0 Å². The molecular formula is C14H26N2O2S2. The third-order valence-electron chi connectivity index (χ3n) is 3.51. The molecule has 1 rings (SSSR count). The van der Waals surface area contributed by atoms with E-state index in [0.717, 1.165) is 29.8 Å². The van der Waals surface area contributed by atoms with Crippen molar-refractivity contribution in [3.05, 3.63) is 15.8 Å². The van der Waals surface area contributed by atoms with Gasteiger partial charge in [-0.3, -0.25) is 0 Å². The SMILES string of the molecule is CCNCc1scc(C)c1S(=O)(=O)NCC(CC)CC. The van der Waals surface area contributed by atoms with Crippen LogP contribution >= 0.6 is 11.3 Å². The van der Waals surface area contributed by atoms with Crippen LogP contribution in [-0.4, -0.2) is 21.5 Å². The first kappa shape index (κ1) is 17.6. The summed E-state index contributed by atoms with van der Waals surface area (Å²) in [6, 6.07) is 0. The Morgan fingerprint density at radius 2 is 1.90 bits per heavy atom. The van der Waals surface area contributed by atoms with Crippen molar-refractivity contribution in [1.82, 2.24) is 10.0 Å². The van der Waals surface area contributed by atoms with Crippen LogP contribution in [0.15, 0.2) is 10.3 Å². The summed E-state index contributed by atoms with van der Waals surface area (Å²) in [4.78, 5) is 1.36. The summed E-state index contributed by atoms with van der Waals surface area (Å²) in [6.07, 6.45) is 1.98. The summed E-state index contributed by atoms with van der Waals surface area (Å²) in [5.41, 5.74) is 0.833. The van der Waals surface area contributed by atoms with Crippen molar-refractivity contribution in [2.24, 2.45) is 5.92 Å². The van der Waals surface area contributed by atoms with Crippen LogP contribution in [0, 0.1) is 12.8 Å². The summed E-state index contributed by atoms with van der Waals surface area (Å²) in [5.74, 6) is 0.404. The molecule has 0 spiro atoms. The zero-order chi connectivity index (χ0) is 15.2. The van der Waals surface area contributed by atoms with Gasteiger partial charge in [0.2, 0.25) is 10.0 Å². The maximum atomic E-state index is 12.5. The maximum Gasteiger partial charge on any atom is 0.241 e. The fourth-order valence-corrected chi connectivity index (χ4v) is 4.98. The predicted molar refractivity (Wildman–Crippen MR) is 85.7 cm³/mol. The summed E-state index contributed by atoms with van der Waals surface area (Å²) >= 11 is 1.51. The van der Waals surface area contributed by atoms with Gasteiger partial charge in [-0.25, -0.2) is 13.1 Å². The zero-order valence-electron chi connectivity index (χ0n) is 12.8. The third kappa shape index (κ3) is 4.55. The lowest BCUT2D eigenvalue weighted by Gasteiger charge is -2.14. The van der Waals surface area contributed by atoms with Gasteiger partial charge in [0.15, 0.2) is 0 Å². The number of sulfonamides is 1. The van der Waals surface area contributed by atoms with Crippen LogP contribution in [0.3, 0.4) is 0 Å². The minimum atomic E-state index is -3.40. The average molecular weight is 319 g/mol. The topological polar surface area (TPSA) is 58.2 Å². The molecule has 0 amide bonds. The highest BCUT2D eigenvalue weighted by atomic mass is 32.2. The lowest BCUT2D eigenvalue weighted by Crippen LogP contribution is -2.30. The van der Waals surface area contributed by atoms with Crippen LogP contribution in [0.2, 0.25) is 0 Å². The molecule has 6 heteroatoms. The van der Waals surface area contributed by atoms with E-state index in [9.17, 15) is 8.42 Å². The first-order valence-electron chi connectivity index (χ1n) is 7.23. The molecule has 0 fully saturated rings. The van der Waals surface area contributed by atoms with Crippen LogP contribution in [0.1, 0.15) is 44.1 Å². The minimum absolute atomic E-state index is 0.404. The van der Waals surface area contributed by atoms with Crippen molar-refractivity contribution in [1.29, 1.82) is 0 Å². The Morgan fingerprint density at radius 1 is 1.25 bits per heavy atom. The van der Waals surface area contributed by atoms with Gasteiger partial charge in [-0.05, 0) is 30.3 Å². The standard InChI is InChI=1S/C14H26N2O2S2/c1-5-12(6-2)8-16-20(17,18)14-11(4)10-19-13(14)9-15-7-3/h10,12,15-16H,5-9H2,1-4H3. The van der Waals surface area contributed by atoms with Gasteiger partial charge >= 0.3 is 0 Å². The van der Waals surface area contributed by atoms with Crippen molar-refractivity contribution in [3.63, 3.8) is 0 Å². The van der Waals surface area contributed by atoms with Gasteiger partial charge in [-0.15, -0.1) is 11.3 Å². The molecule has 116 valence electrons. The largest absolute Gasteiger partial charge is 0.312 e. The summed E-state index contributed by atoms with van der Waals surface area (Å²) in [7, 11) is -3.40. The smallest absolute Gasteiger partial charge is 0.241 e. The molecule has 0 saturated heterocycles. The highest BCUT2D eigenvalue weighted by Gasteiger charge is 2.23. The van der Waals surface area contributed by atoms with Crippen molar-refractivity contribution < 1.29 is 8.42 Å². The van der Waals surface area contributed by atoms with Crippen LogP contribution in [-0.2, 0) is 16.6 Å². The second kappa shape index (κ2) is 8.12. The molecule has 0 aliphatic carbocycles. The first-order chi connectivity index (χ1) is 9.46. The van der Waals surface area contributed by atoms with E-state index in [1.807, 2.05) is 19.2 Å². The Hall–Kier alpha value is -0.430. The Balaban J connectivity index is 2.88. The molecule has 0 radical (unpaired) electrons. The molecule has 0 bridgehead atoms. The molecule has 2 N–H and O–H groups in total. The Kier molecular flexibility index (Phi) is 7.15. The van der Waals surface area contributed by atoms with E-state index in [1.54, 1.807) is 0 Å². The van der Waals surface area contributed by atoms with E-state index in [1.165, 1.54) is 11.3 Å². The van der Waals surface area contributed by atoms with Crippen LogP contribution < -0.4 is 10.0 Å². The number of aryl methyl sites for hydroxylation is 1. The van der Waals surface area contributed by atoms with Gasteiger partial charge in [-0.1, -0.05) is 33.6 Å². The molecule has 0 unspecified atom stereocenters. The molecule has 4 nitrogen and oxygen atoms in total. The van der Waals surface area contributed by atoms with Crippen molar-refractivity contribution in [2.45, 2.75) is 52.0 Å². The molecule has 0 aliphatic heterocycles. The summed E-state index contributed by atoms with van der Waals surface area (Å²) in [5, 5.41) is 5.11. The third-order valence-corrected chi connectivity index (χ3v) is 6.40. The maximum absolute atomic E-state index is 12.5. The molecule has 0 atom stereocenters. The van der Waals surface area contributed by atoms with Gasteiger partial charge in [0.05, 0.1) is 0 Å². The van der Waals surface area contributed by atoms with Gasteiger partial charge in [0.25, 0.3) is 0 Å². The Labute approximate surface area is 127 Å². The summed E-state index contributed by atoms with van der Waals surface area (Å²) in [6.45, 7) is 10.0. The van der Waals surface area contributed by atoms with Gasteiger partial charge < -0.3 is 5.32 Å². The Bertz CT molecular complexity index is 505. The second-order valence-corrected chi connectivity index (χ2v) is 7.65. The fraction of sp³-hybridized carbons (Fsp3) is 0.714. The number of thiophene rings is 1. The molecule has 0 aliphatic rings. The van der Waals surface area contributed by atoms with Crippen molar-refractivity contribution in [2.75, 3.05) is 13.1 Å². The molecule has 0 saturated carbocycles. The number of hydrogen-bond acceptors (Lipinski definition) is 4. The van der Waals surface area contributed by atoms with E-state index in [4.69, 9.17) is 0 Å². The zero-order valence-corrected chi connectivity index (χ0v) is 14.5. The average Bonchev–Trinajstić information content (AvgIpc) is 2.79. The highest BCUT2D eigenvalue weighted by molar-refractivity contribution is 7.89. The summed E-state index contributed by atoms with van der Waals surface area (Å²) < 4.78 is 27.8. The van der Waals surface area contributed by atoms with E-state index in [-0.39, 0.29) is 0 Å². The monoisotopic (exact) mass is 318 g/mol. The van der Waals surface area contributed by atoms with Crippen molar-refractivity contribution in [3.8, 4) is 0 Å². The fourth-order valence-electron chi connectivity index (χ4n) is 2.09. The molecule has 1 aromatic heterocycles. The molecule has 0 aromatic carbocycles. The van der Waals surface area contributed by atoms with E-state index in [0.29, 0.717) is 23.9 Å². The van der Waals surface area contributed by atoms with Gasteiger partial charge in [0, 0.05) is 18.0 Å². The second-order valence-electron chi connectivity index (χ2n) is 4.99. The van der Waals surface area contributed by atoms with Crippen LogP contribution in [0.5, 0.6) is 0 Å². The molecular weight excluding hydrogens is 292 g/mol. The normalized spacial score (nSPS) is 12.2. The molecule has 1 heterocycles.